The van der Waals surface area contributed by atoms with Crippen LogP contribution in [0.3, 0.4) is 0 Å². The third-order valence-electron chi connectivity index (χ3n) is 2.38. The molecular weight excluding hydrogens is 214 g/mol. The van der Waals surface area contributed by atoms with Gasteiger partial charge in [0.1, 0.15) is 5.75 Å². The fourth-order valence-corrected chi connectivity index (χ4v) is 3.61. The molecule has 2 N–H and O–H groups in total. The maximum absolute atomic E-state index is 5.71. The molecule has 0 bridgehead atoms. The van der Waals surface area contributed by atoms with Gasteiger partial charge in [-0.1, -0.05) is 36.4 Å². The van der Waals surface area contributed by atoms with Gasteiger partial charge in [0.15, 0.2) is 9.79 Å². The van der Waals surface area contributed by atoms with Crippen molar-refractivity contribution in [2.24, 2.45) is 5.73 Å². The summed E-state index contributed by atoms with van der Waals surface area (Å²) in [4.78, 5) is 2.75. The molecule has 16 heavy (non-hydrogen) atoms. The Morgan fingerprint density at radius 2 is 1.19 bits per heavy atom. The van der Waals surface area contributed by atoms with E-state index < -0.39 is 0 Å². The fraction of sp³-hybridized carbons (Fsp3) is 0.143. The normalized spacial score (nSPS) is 10.6. The summed E-state index contributed by atoms with van der Waals surface area (Å²) in [5.74, 6) is 1.02. The standard InChI is InChI=1S/C14H16NS/c15-11-12-16(13-7-3-1-4-8-13)14-9-5-2-6-10-14/h1-10H,11-12,15H2/q+1. The molecule has 0 aromatic heterocycles. The van der Waals surface area contributed by atoms with E-state index in [0.29, 0.717) is 0 Å². The van der Waals surface area contributed by atoms with Crippen LogP contribution >= 0.6 is 0 Å². The first-order valence-corrected chi connectivity index (χ1v) is 6.82. The molecule has 0 unspecified atom stereocenters. The van der Waals surface area contributed by atoms with Gasteiger partial charge in [-0.05, 0) is 24.3 Å². The number of benzene rings is 2. The summed E-state index contributed by atoms with van der Waals surface area (Å²) in [6, 6.07) is 21.2. The maximum atomic E-state index is 5.71. The van der Waals surface area contributed by atoms with Crippen LogP contribution in [0.5, 0.6) is 0 Å². The zero-order chi connectivity index (χ0) is 11.2. The summed E-state index contributed by atoms with van der Waals surface area (Å²) in [5, 5.41) is 0. The van der Waals surface area contributed by atoms with Gasteiger partial charge in [-0.25, -0.2) is 0 Å². The van der Waals surface area contributed by atoms with E-state index in [2.05, 4.69) is 60.7 Å². The van der Waals surface area contributed by atoms with Crippen LogP contribution in [-0.4, -0.2) is 12.3 Å². The van der Waals surface area contributed by atoms with Gasteiger partial charge in [0.05, 0.1) is 10.9 Å². The quantitative estimate of drug-likeness (QED) is 0.803. The highest BCUT2D eigenvalue weighted by atomic mass is 32.2. The van der Waals surface area contributed by atoms with Crippen molar-refractivity contribution in [1.82, 2.24) is 0 Å². The lowest BCUT2D eigenvalue weighted by molar-refractivity contribution is 1.13. The van der Waals surface area contributed by atoms with Crippen molar-refractivity contribution in [3.63, 3.8) is 0 Å². The average Bonchev–Trinajstić information content (AvgIpc) is 2.38. The van der Waals surface area contributed by atoms with E-state index in [4.69, 9.17) is 5.73 Å². The molecule has 2 rings (SSSR count). The van der Waals surface area contributed by atoms with Crippen LogP contribution < -0.4 is 5.73 Å². The van der Waals surface area contributed by atoms with Gasteiger partial charge in [0.25, 0.3) is 0 Å². The van der Waals surface area contributed by atoms with E-state index in [1.54, 1.807) is 0 Å². The number of hydrogen-bond donors (Lipinski definition) is 1. The topological polar surface area (TPSA) is 26.0 Å². The zero-order valence-corrected chi connectivity index (χ0v) is 9.99. The van der Waals surface area contributed by atoms with Crippen LogP contribution in [0.2, 0.25) is 0 Å². The number of nitrogens with two attached hydrogens (primary N) is 1. The van der Waals surface area contributed by atoms with Crippen LogP contribution in [0.15, 0.2) is 70.5 Å². The summed E-state index contributed by atoms with van der Waals surface area (Å²) in [7, 11) is 0.124. The molecule has 0 heterocycles. The molecule has 0 aliphatic heterocycles. The summed E-state index contributed by atoms with van der Waals surface area (Å²) < 4.78 is 0. The lowest BCUT2D eigenvalue weighted by atomic mass is 10.4. The second kappa shape index (κ2) is 5.73. The second-order valence-electron chi connectivity index (χ2n) is 3.51. The smallest absolute Gasteiger partial charge is 0.160 e. The molecule has 2 aromatic rings. The van der Waals surface area contributed by atoms with Crippen molar-refractivity contribution in [1.29, 1.82) is 0 Å². The second-order valence-corrected chi connectivity index (χ2v) is 5.64. The Morgan fingerprint density at radius 3 is 1.56 bits per heavy atom. The van der Waals surface area contributed by atoms with Crippen LogP contribution in [0.1, 0.15) is 0 Å². The molecule has 0 aliphatic carbocycles. The van der Waals surface area contributed by atoms with Gasteiger partial charge >= 0.3 is 0 Å². The average molecular weight is 230 g/mol. The van der Waals surface area contributed by atoms with Gasteiger partial charge in [-0.2, -0.15) is 0 Å². The summed E-state index contributed by atoms with van der Waals surface area (Å²) in [6.45, 7) is 0.729. The molecule has 0 saturated heterocycles. The predicted octanol–water partition coefficient (Wildman–Crippen LogP) is 2.68. The Kier molecular flexibility index (Phi) is 4.03. The van der Waals surface area contributed by atoms with E-state index in [1.807, 2.05) is 0 Å². The first kappa shape index (κ1) is 11.2. The summed E-state index contributed by atoms with van der Waals surface area (Å²) in [6.07, 6.45) is 0. The Hall–Kier alpha value is -1.25. The molecule has 82 valence electrons. The zero-order valence-electron chi connectivity index (χ0n) is 9.17. The Labute approximate surface area is 99.6 Å². The number of hydrogen-bond acceptors (Lipinski definition) is 1. The highest BCUT2D eigenvalue weighted by molar-refractivity contribution is 7.97. The Morgan fingerprint density at radius 1 is 0.750 bits per heavy atom. The minimum Gasteiger partial charge on any atom is -0.326 e. The molecule has 2 heteroatoms. The third kappa shape index (κ3) is 2.65. The van der Waals surface area contributed by atoms with Crippen LogP contribution in [-0.2, 0) is 10.9 Å². The fourth-order valence-electron chi connectivity index (χ4n) is 1.66. The van der Waals surface area contributed by atoms with Crippen molar-refractivity contribution in [2.75, 3.05) is 12.3 Å². The first-order valence-electron chi connectivity index (χ1n) is 5.43. The summed E-state index contributed by atoms with van der Waals surface area (Å²) in [5.41, 5.74) is 5.71. The monoisotopic (exact) mass is 230 g/mol. The van der Waals surface area contributed by atoms with Crippen molar-refractivity contribution >= 4 is 10.9 Å². The van der Waals surface area contributed by atoms with Crippen molar-refractivity contribution < 1.29 is 0 Å². The molecular formula is C14H16NS+. The highest BCUT2D eigenvalue weighted by Crippen LogP contribution is 2.22. The van der Waals surface area contributed by atoms with E-state index in [9.17, 15) is 0 Å². The lowest BCUT2D eigenvalue weighted by Gasteiger charge is -2.06. The van der Waals surface area contributed by atoms with Crippen molar-refractivity contribution in [3.8, 4) is 0 Å². The Balaban J connectivity index is 2.31. The number of rotatable bonds is 4. The van der Waals surface area contributed by atoms with E-state index in [0.717, 1.165) is 12.3 Å². The largest absolute Gasteiger partial charge is 0.326 e. The van der Waals surface area contributed by atoms with Gasteiger partial charge in [0, 0.05) is 6.54 Å². The van der Waals surface area contributed by atoms with Crippen LogP contribution in [0.4, 0.5) is 0 Å². The highest BCUT2D eigenvalue weighted by Gasteiger charge is 2.23. The SMILES string of the molecule is NCC[S+](c1ccccc1)c1ccccc1. The minimum absolute atomic E-state index is 0.124. The molecule has 0 fully saturated rings. The van der Waals surface area contributed by atoms with Crippen LogP contribution in [0.25, 0.3) is 0 Å². The summed E-state index contributed by atoms with van der Waals surface area (Å²) >= 11 is 0. The van der Waals surface area contributed by atoms with E-state index in [-0.39, 0.29) is 10.9 Å². The van der Waals surface area contributed by atoms with Crippen molar-refractivity contribution in [2.45, 2.75) is 9.79 Å². The van der Waals surface area contributed by atoms with Crippen LogP contribution in [0, 0.1) is 0 Å². The molecule has 0 amide bonds. The van der Waals surface area contributed by atoms with Gasteiger partial charge in [-0.3, -0.25) is 0 Å². The van der Waals surface area contributed by atoms with Crippen molar-refractivity contribution in [3.05, 3.63) is 60.7 Å². The molecule has 0 spiro atoms. The van der Waals surface area contributed by atoms with E-state index in [1.165, 1.54) is 9.79 Å². The minimum atomic E-state index is 0.124. The third-order valence-corrected chi connectivity index (χ3v) is 4.70. The molecule has 0 saturated carbocycles. The predicted molar refractivity (Wildman–Crippen MR) is 70.7 cm³/mol. The molecule has 0 radical (unpaired) electrons. The van der Waals surface area contributed by atoms with Gasteiger partial charge < -0.3 is 5.73 Å². The lowest BCUT2D eigenvalue weighted by Crippen LogP contribution is -2.16. The molecule has 1 nitrogen and oxygen atoms in total. The molecule has 2 aromatic carbocycles. The maximum Gasteiger partial charge on any atom is 0.160 e. The Bertz CT molecular complexity index is 374. The first-order chi connectivity index (χ1) is 7.92. The van der Waals surface area contributed by atoms with E-state index >= 15 is 0 Å². The molecule has 0 atom stereocenters. The van der Waals surface area contributed by atoms with Gasteiger partial charge in [-0.15, -0.1) is 0 Å². The molecule has 0 aliphatic rings. The van der Waals surface area contributed by atoms with Gasteiger partial charge in [0.2, 0.25) is 0 Å².